The summed E-state index contributed by atoms with van der Waals surface area (Å²) < 4.78 is 20.3. The Labute approximate surface area is 201 Å². The molecule has 2 aromatic heterocycles. The maximum absolute atomic E-state index is 12.5. The second kappa shape index (κ2) is 9.36. The predicted octanol–water partition coefficient (Wildman–Crippen LogP) is 4.86. The number of aryl methyl sites for hydroxylation is 1. The molecule has 0 atom stereocenters. The molecule has 10 heteroatoms. The van der Waals surface area contributed by atoms with E-state index < -0.39 is 6.09 Å². The number of carbonyl (C=O) groups excluding carboxylic acids is 1. The number of fused-ring (bicyclic) bond motifs is 3. The molecule has 0 saturated heterocycles. The fraction of sp³-hybridized carbons (Fsp3) is 0.292. The number of methoxy groups -OCH3 is 1. The van der Waals surface area contributed by atoms with E-state index >= 15 is 0 Å². The average Bonchev–Trinajstić information content (AvgIpc) is 3.43. The Morgan fingerprint density at radius 3 is 2.94 bits per heavy atom. The van der Waals surface area contributed by atoms with E-state index in [0.29, 0.717) is 41.9 Å². The molecule has 0 unspecified atom stereocenters. The first-order valence-electron chi connectivity index (χ1n) is 11.0. The van der Waals surface area contributed by atoms with E-state index in [-0.39, 0.29) is 6.61 Å². The summed E-state index contributed by atoms with van der Waals surface area (Å²) in [5.41, 5.74) is 4.74. The van der Waals surface area contributed by atoms with Crippen molar-refractivity contribution in [2.45, 2.75) is 33.2 Å². The van der Waals surface area contributed by atoms with Crippen molar-refractivity contribution in [3.8, 4) is 17.0 Å². The topological polar surface area (TPSA) is 92.4 Å². The third kappa shape index (κ3) is 4.32. The molecule has 0 spiro atoms. The van der Waals surface area contributed by atoms with Crippen LogP contribution in [0.4, 0.5) is 10.5 Å². The highest BCUT2D eigenvalue weighted by Gasteiger charge is 2.17. The molecule has 0 aliphatic carbocycles. The van der Waals surface area contributed by atoms with Crippen LogP contribution in [0.15, 0.2) is 42.5 Å². The molecule has 4 aromatic rings. The quantitative estimate of drug-likeness (QED) is 0.422. The number of hydrogen-bond acceptors (Lipinski definition) is 6. The fourth-order valence-corrected chi connectivity index (χ4v) is 4.25. The highest BCUT2D eigenvalue weighted by molar-refractivity contribution is 6.30. The van der Waals surface area contributed by atoms with Crippen LogP contribution in [-0.2, 0) is 35.8 Å². The van der Waals surface area contributed by atoms with Gasteiger partial charge in [0.05, 0.1) is 36.1 Å². The van der Waals surface area contributed by atoms with Crippen LogP contribution >= 0.6 is 11.6 Å². The molecule has 0 radical (unpaired) electrons. The minimum Gasteiger partial charge on any atom is -0.496 e. The Morgan fingerprint density at radius 2 is 2.12 bits per heavy atom. The van der Waals surface area contributed by atoms with Gasteiger partial charge in [0, 0.05) is 29.4 Å². The Balaban J connectivity index is 1.28. The van der Waals surface area contributed by atoms with Gasteiger partial charge in [0.15, 0.2) is 0 Å². The molecular formula is C24H24ClN5O4. The summed E-state index contributed by atoms with van der Waals surface area (Å²) in [5.74, 6) is 1.52. The van der Waals surface area contributed by atoms with Crippen LogP contribution in [0.3, 0.4) is 0 Å². The molecule has 9 nitrogen and oxygen atoms in total. The lowest BCUT2D eigenvalue weighted by molar-refractivity contribution is 0.0830. The van der Waals surface area contributed by atoms with E-state index in [0.717, 1.165) is 34.7 Å². The van der Waals surface area contributed by atoms with Gasteiger partial charge < -0.3 is 18.8 Å². The molecule has 5 rings (SSSR count). The summed E-state index contributed by atoms with van der Waals surface area (Å²) in [6.07, 6.45) is -0.555. The summed E-state index contributed by atoms with van der Waals surface area (Å²) in [6.45, 7) is 4.61. The average molecular weight is 482 g/mol. The van der Waals surface area contributed by atoms with Crippen LogP contribution < -0.4 is 10.1 Å². The van der Waals surface area contributed by atoms with Crippen molar-refractivity contribution in [2.75, 3.05) is 19.0 Å². The van der Waals surface area contributed by atoms with Gasteiger partial charge in [-0.1, -0.05) is 11.6 Å². The lowest BCUT2D eigenvalue weighted by Crippen LogP contribution is -2.16. The zero-order chi connectivity index (χ0) is 23.7. The van der Waals surface area contributed by atoms with E-state index in [4.69, 9.17) is 25.8 Å². The van der Waals surface area contributed by atoms with Crippen LogP contribution in [0.2, 0.25) is 5.02 Å². The van der Waals surface area contributed by atoms with E-state index in [2.05, 4.69) is 20.0 Å². The van der Waals surface area contributed by atoms with Gasteiger partial charge in [-0.05, 0) is 49.4 Å². The number of benzene rings is 2. The van der Waals surface area contributed by atoms with Crippen LogP contribution in [0.5, 0.6) is 5.75 Å². The fourth-order valence-electron chi connectivity index (χ4n) is 4.08. The van der Waals surface area contributed by atoms with Gasteiger partial charge in [-0.2, -0.15) is 5.10 Å². The van der Waals surface area contributed by atoms with Crippen LogP contribution in [0, 0.1) is 0 Å². The largest absolute Gasteiger partial charge is 0.496 e. The summed E-state index contributed by atoms with van der Waals surface area (Å²) >= 11 is 6.08. The molecular weight excluding hydrogens is 458 g/mol. The van der Waals surface area contributed by atoms with E-state index in [9.17, 15) is 4.79 Å². The highest BCUT2D eigenvalue weighted by atomic mass is 35.5. The van der Waals surface area contributed by atoms with Gasteiger partial charge in [0.25, 0.3) is 0 Å². The zero-order valence-corrected chi connectivity index (χ0v) is 19.6. The minimum absolute atomic E-state index is 0.0704. The molecule has 34 heavy (non-hydrogen) atoms. The molecule has 0 fully saturated rings. The van der Waals surface area contributed by atoms with Crippen molar-refractivity contribution in [1.29, 1.82) is 0 Å². The number of anilines is 1. The van der Waals surface area contributed by atoms with Gasteiger partial charge in [0.2, 0.25) is 0 Å². The van der Waals surface area contributed by atoms with Crippen molar-refractivity contribution in [2.24, 2.45) is 0 Å². The van der Waals surface area contributed by atoms with Crippen molar-refractivity contribution >= 4 is 34.4 Å². The maximum atomic E-state index is 12.5. The van der Waals surface area contributed by atoms with Crippen LogP contribution in [-0.4, -0.2) is 39.1 Å². The lowest BCUT2D eigenvalue weighted by atomic mass is 10.1. The molecule has 2 aromatic carbocycles. The molecule has 3 heterocycles. The molecule has 0 bridgehead atoms. The second-order valence-corrected chi connectivity index (χ2v) is 8.25. The van der Waals surface area contributed by atoms with Gasteiger partial charge in [0.1, 0.15) is 24.8 Å². The Morgan fingerprint density at radius 1 is 1.24 bits per heavy atom. The number of nitrogens with zero attached hydrogens (tertiary/aromatic N) is 4. The number of hydrogen-bond donors (Lipinski definition) is 1. The SMILES string of the molecule is CCn1nc(-c2ccc(Cl)cc2OC)cc1COC(=O)Nc1ccc2c(c1)nc1n2CCOC1. The third-order valence-corrected chi connectivity index (χ3v) is 5.95. The van der Waals surface area contributed by atoms with Crippen molar-refractivity contribution in [3.05, 3.63) is 59.0 Å². The number of carbonyl (C=O) groups is 1. The number of aromatic nitrogens is 4. The van der Waals surface area contributed by atoms with Gasteiger partial charge in [-0.15, -0.1) is 0 Å². The van der Waals surface area contributed by atoms with E-state index in [1.807, 2.05) is 37.3 Å². The van der Waals surface area contributed by atoms with Crippen molar-refractivity contribution < 1.29 is 19.0 Å². The Kier molecular flexibility index (Phi) is 6.12. The summed E-state index contributed by atoms with van der Waals surface area (Å²) in [7, 11) is 1.59. The number of imidazole rings is 1. The number of ether oxygens (including phenoxy) is 3. The van der Waals surface area contributed by atoms with Gasteiger partial charge in [-0.25, -0.2) is 9.78 Å². The Hall–Kier alpha value is -3.56. The monoisotopic (exact) mass is 481 g/mol. The minimum atomic E-state index is -0.555. The molecule has 1 amide bonds. The van der Waals surface area contributed by atoms with Crippen molar-refractivity contribution in [1.82, 2.24) is 19.3 Å². The second-order valence-electron chi connectivity index (χ2n) is 7.82. The summed E-state index contributed by atoms with van der Waals surface area (Å²) in [5, 5.41) is 7.99. The first-order chi connectivity index (χ1) is 16.6. The summed E-state index contributed by atoms with van der Waals surface area (Å²) in [6, 6.07) is 12.9. The zero-order valence-electron chi connectivity index (χ0n) is 18.9. The molecule has 1 aliphatic rings. The number of halogens is 1. The molecule has 176 valence electrons. The van der Waals surface area contributed by atoms with E-state index in [1.54, 1.807) is 23.9 Å². The standard InChI is InChI=1S/C24H24ClN5O4/c1-3-30-17(12-19(28-30)18-6-4-15(25)10-22(18)32-2)13-34-24(31)26-16-5-7-21-20(11-16)27-23-14-33-9-8-29(21)23/h4-7,10-12H,3,8-9,13-14H2,1-2H3,(H,26,31). The third-order valence-electron chi connectivity index (χ3n) is 5.72. The highest BCUT2D eigenvalue weighted by Crippen LogP contribution is 2.32. The van der Waals surface area contributed by atoms with Crippen LogP contribution in [0.25, 0.3) is 22.3 Å². The van der Waals surface area contributed by atoms with Gasteiger partial charge in [-0.3, -0.25) is 10.00 Å². The molecule has 0 saturated carbocycles. The number of amides is 1. The summed E-state index contributed by atoms with van der Waals surface area (Å²) in [4.78, 5) is 17.1. The van der Waals surface area contributed by atoms with Crippen LogP contribution in [0.1, 0.15) is 18.4 Å². The molecule has 1 N–H and O–H groups in total. The number of rotatable bonds is 6. The lowest BCUT2D eigenvalue weighted by Gasteiger charge is -2.14. The number of nitrogens with one attached hydrogen (secondary N) is 1. The first-order valence-corrected chi connectivity index (χ1v) is 11.3. The van der Waals surface area contributed by atoms with E-state index in [1.165, 1.54) is 0 Å². The normalized spacial score (nSPS) is 13.0. The van der Waals surface area contributed by atoms with Crippen molar-refractivity contribution in [3.63, 3.8) is 0 Å². The smallest absolute Gasteiger partial charge is 0.412 e. The first kappa shape index (κ1) is 22.2. The predicted molar refractivity (Wildman–Crippen MR) is 128 cm³/mol. The Bertz CT molecular complexity index is 1360. The maximum Gasteiger partial charge on any atom is 0.412 e. The van der Waals surface area contributed by atoms with Gasteiger partial charge >= 0.3 is 6.09 Å². The molecule has 1 aliphatic heterocycles.